The van der Waals surface area contributed by atoms with Gasteiger partial charge in [0.05, 0.1) is 18.1 Å². The number of aromatic nitrogens is 1. The lowest BCUT2D eigenvalue weighted by Gasteiger charge is -2.11. The van der Waals surface area contributed by atoms with Crippen molar-refractivity contribution >= 4 is 20.9 Å². The fourth-order valence-electron chi connectivity index (χ4n) is 3.19. The van der Waals surface area contributed by atoms with Crippen LogP contribution >= 0.6 is 0 Å². The lowest BCUT2D eigenvalue weighted by molar-refractivity contribution is 0.297. The highest BCUT2D eigenvalue weighted by Crippen LogP contribution is 2.31. The van der Waals surface area contributed by atoms with E-state index in [1.807, 2.05) is 18.3 Å². The molecule has 1 aliphatic rings. The van der Waals surface area contributed by atoms with E-state index in [9.17, 15) is 8.42 Å². The van der Waals surface area contributed by atoms with Gasteiger partial charge in [-0.25, -0.2) is 13.1 Å². The lowest BCUT2D eigenvalue weighted by Crippen LogP contribution is -2.25. The number of benzene rings is 2. The van der Waals surface area contributed by atoms with E-state index in [-0.39, 0.29) is 4.90 Å². The molecule has 3 aromatic rings. The predicted octanol–water partition coefficient (Wildman–Crippen LogP) is 3.17. The molecule has 1 aromatic heterocycles. The van der Waals surface area contributed by atoms with Gasteiger partial charge in [0.15, 0.2) is 11.5 Å². The third-order valence-electron chi connectivity index (χ3n) is 4.58. The molecule has 0 spiro atoms. The zero-order chi connectivity index (χ0) is 18.7. The first-order valence-electron chi connectivity index (χ1n) is 9.07. The first-order valence-corrected chi connectivity index (χ1v) is 10.5. The summed E-state index contributed by atoms with van der Waals surface area (Å²) >= 11 is 0. The molecule has 2 heterocycles. The number of rotatable bonds is 6. The summed E-state index contributed by atoms with van der Waals surface area (Å²) in [5, 5.41) is 1.19. The molecule has 0 atom stereocenters. The molecule has 2 aromatic carbocycles. The van der Waals surface area contributed by atoms with Crippen molar-refractivity contribution < 1.29 is 17.9 Å². The molecule has 0 fully saturated rings. The van der Waals surface area contributed by atoms with Crippen molar-refractivity contribution in [3.05, 3.63) is 54.7 Å². The van der Waals surface area contributed by atoms with Gasteiger partial charge in [0.25, 0.3) is 0 Å². The molecular formula is C20H22N2O4S. The van der Waals surface area contributed by atoms with Gasteiger partial charge in [-0.15, -0.1) is 0 Å². The average molecular weight is 386 g/mol. The van der Waals surface area contributed by atoms with E-state index in [1.54, 1.807) is 12.1 Å². The van der Waals surface area contributed by atoms with E-state index in [1.165, 1.54) is 11.5 Å². The van der Waals surface area contributed by atoms with Gasteiger partial charge in [-0.2, -0.15) is 0 Å². The Bertz CT molecular complexity index is 1040. The molecule has 0 bridgehead atoms. The van der Waals surface area contributed by atoms with E-state index in [2.05, 4.69) is 27.5 Å². The van der Waals surface area contributed by atoms with Crippen LogP contribution in [0.2, 0.25) is 0 Å². The molecule has 142 valence electrons. The molecule has 0 aliphatic carbocycles. The molecule has 4 rings (SSSR count). The Morgan fingerprint density at radius 1 is 1.00 bits per heavy atom. The zero-order valence-electron chi connectivity index (χ0n) is 14.9. The van der Waals surface area contributed by atoms with Crippen LogP contribution < -0.4 is 14.2 Å². The van der Waals surface area contributed by atoms with E-state index < -0.39 is 10.0 Å². The van der Waals surface area contributed by atoms with Gasteiger partial charge >= 0.3 is 0 Å². The van der Waals surface area contributed by atoms with Crippen LogP contribution in [0, 0.1) is 0 Å². The quantitative estimate of drug-likeness (QED) is 0.661. The van der Waals surface area contributed by atoms with Crippen molar-refractivity contribution in [3.63, 3.8) is 0 Å². The maximum absolute atomic E-state index is 12.6. The van der Waals surface area contributed by atoms with Crippen LogP contribution in [-0.4, -0.2) is 32.7 Å². The second-order valence-corrected chi connectivity index (χ2v) is 8.25. The van der Waals surface area contributed by atoms with E-state index in [0.717, 1.165) is 18.5 Å². The summed E-state index contributed by atoms with van der Waals surface area (Å²) in [6.45, 7) is 2.21. The maximum Gasteiger partial charge on any atom is 0.240 e. The number of fused-ring (bicyclic) bond motifs is 2. The number of ether oxygens (including phenoxy) is 2. The van der Waals surface area contributed by atoms with Crippen LogP contribution in [0.1, 0.15) is 12.8 Å². The van der Waals surface area contributed by atoms with Crippen molar-refractivity contribution in [2.75, 3.05) is 19.8 Å². The molecule has 0 saturated heterocycles. The van der Waals surface area contributed by atoms with Gasteiger partial charge < -0.3 is 14.0 Å². The average Bonchev–Trinajstić information content (AvgIpc) is 2.93. The van der Waals surface area contributed by atoms with Gasteiger partial charge in [0.2, 0.25) is 10.0 Å². The van der Waals surface area contributed by atoms with E-state index >= 15 is 0 Å². The minimum atomic E-state index is -3.58. The van der Waals surface area contributed by atoms with Crippen molar-refractivity contribution in [3.8, 4) is 11.5 Å². The highest BCUT2D eigenvalue weighted by molar-refractivity contribution is 7.89. The van der Waals surface area contributed by atoms with Crippen LogP contribution in [0.3, 0.4) is 0 Å². The van der Waals surface area contributed by atoms with Gasteiger partial charge in [-0.05, 0) is 36.1 Å². The summed E-state index contributed by atoms with van der Waals surface area (Å²) in [4.78, 5) is 0.193. The zero-order valence-corrected chi connectivity index (χ0v) is 15.7. The van der Waals surface area contributed by atoms with Crippen LogP contribution in [0.5, 0.6) is 11.5 Å². The molecular weight excluding hydrogens is 364 g/mol. The second-order valence-electron chi connectivity index (χ2n) is 6.48. The van der Waals surface area contributed by atoms with E-state index in [4.69, 9.17) is 9.47 Å². The number of nitrogens with one attached hydrogen (secondary N) is 1. The molecule has 0 saturated carbocycles. The van der Waals surface area contributed by atoms with Gasteiger partial charge in [-0.1, -0.05) is 18.2 Å². The molecule has 0 unspecified atom stereocenters. The smallest absolute Gasteiger partial charge is 0.240 e. The first kappa shape index (κ1) is 17.9. The van der Waals surface area contributed by atoms with Gasteiger partial charge in [0.1, 0.15) is 0 Å². The number of hydrogen-bond donors (Lipinski definition) is 1. The number of para-hydroxylation sites is 1. The third-order valence-corrected chi connectivity index (χ3v) is 6.04. The first-order chi connectivity index (χ1) is 13.1. The Labute approximate surface area is 158 Å². The van der Waals surface area contributed by atoms with Crippen LogP contribution in [-0.2, 0) is 16.6 Å². The Hall–Kier alpha value is -2.51. The second kappa shape index (κ2) is 7.62. The summed E-state index contributed by atoms with van der Waals surface area (Å²) in [5.74, 6) is 1.07. The molecule has 0 amide bonds. The third kappa shape index (κ3) is 3.94. The Kier molecular flexibility index (Phi) is 5.05. The van der Waals surface area contributed by atoms with Crippen molar-refractivity contribution in [1.29, 1.82) is 0 Å². The summed E-state index contributed by atoms with van der Waals surface area (Å²) in [6.07, 6.45) is 3.51. The maximum atomic E-state index is 12.6. The van der Waals surface area contributed by atoms with Crippen LogP contribution in [0.15, 0.2) is 59.6 Å². The van der Waals surface area contributed by atoms with Crippen molar-refractivity contribution in [2.45, 2.75) is 24.3 Å². The van der Waals surface area contributed by atoms with Crippen molar-refractivity contribution in [2.24, 2.45) is 0 Å². The van der Waals surface area contributed by atoms with Gasteiger partial charge in [0, 0.05) is 37.3 Å². The van der Waals surface area contributed by atoms with Crippen LogP contribution in [0.25, 0.3) is 10.9 Å². The standard InChI is InChI=1S/C20H22N2O4S/c23-27(24,17-7-8-19-20(15-17)26-14-4-13-25-19)21-10-3-11-22-12-9-16-5-1-2-6-18(16)22/h1-2,5-9,12,15,21H,3-4,10-11,13-14H2. The molecule has 1 N–H and O–H groups in total. The largest absolute Gasteiger partial charge is 0.490 e. The Balaban J connectivity index is 1.38. The summed E-state index contributed by atoms with van der Waals surface area (Å²) in [5.41, 5.74) is 1.16. The summed E-state index contributed by atoms with van der Waals surface area (Å²) < 4.78 is 41.1. The summed E-state index contributed by atoms with van der Waals surface area (Å²) in [6, 6.07) is 15.0. The number of sulfonamides is 1. The predicted molar refractivity (Wildman–Crippen MR) is 104 cm³/mol. The normalized spacial score (nSPS) is 14.2. The minimum absolute atomic E-state index is 0.193. The highest BCUT2D eigenvalue weighted by Gasteiger charge is 2.18. The van der Waals surface area contributed by atoms with Gasteiger partial charge in [-0.3, -0.25) is 0 Å². The number of aryl methyl sites for hydroxylation is 1. The Morgan fingerprint density at radius 3 is 2.70 bits per heavy atom. The molecule has 7 heteroatoms. The molecule has 1 aliphatic heterocycles. The molecule has 27 heavy (non-hydrogen) atoms. The summed E-state index contributed by atoms with van der Waals surface area (Å²) in [7, 11) is -3.58. The van der Waals surface area contributed by atoms with E-state index in [0.29, 0.717) is 37.7 Å². The van der Waals surface area contributed by atoms with Crippen LogP contribution in [0.4, 0.5) is 0 Å². The molecule has 6 nitrogen and oxygen atoms in total. The lowest BCUT2D eigenvalue weighted by atomic mass is 10.2. The highest BCUT2D eigenvalue weighted by atomic mass is 32.2. The Morgan fingerprint density at radius 2 is 1.81 bits per heavy atom. The number of hydrogen-bond acceptors (Lipinski definition) is 4. The SMILES string of the molecule is O=S(=O)(NCCCn1ccc2ccccc21)c1ccc2c(c1)OCCCO2. The monoisotopic (exact) mass is 386 g/mol. The van der Waals surface area contributed by atoms with Crippen molar-refractivity contribution in [1.82, 2.24) is 9.29 Å². The number of nitrogens with zero attached hydrogens (tertiary/aromatic N) is 1. The topological polar surface area (TPSA) is 69.6 Å². The minimum Gasteiger partial charge on any atom is -0.490 e. The fourth-order valence-corrected chi connectivity index (χ4v) is 4.27. The fraction of sp³-hybridized carbons (Fsp3) is 0.300. The molecule has 0 radical (unpaired) electrons.